The number of piperidine rings is 1. The second kappa shape index (κ2) is 5.90. The Labute approximate surface area is 116 Å². The van der Waals surface area contributed by atoms with Crippen LogP contribution in [0.4, 0.5) is 10.1 Å². The Morgan fingerprint density at radius 1 is 1.40 bits per heavy atom. The molecular formula is C14H17FN2O3. The van der Waals surface area contributed by atoms with Crippen LogP contribution in [0, 0.1) is 5.82 Å². The molecule has 1 aromatic carbocycles. The van der Waals surface area contributed by atoms with Gasteiger partial charge in [-0.15, -0.1) is 0 Å². The van der Waals surface area contributed by atoms with E-state index in [1.807, 2.05) is 0 Å². The number of methoxy groups -OCH3 is 1. The first kappa shape index (κ1) is 14.3. The molecule has 0 radical (unpaired) electrons. The molecule has 2 rings (SSSR count). The van der Waals surface area contributed by atoms with Crippen molar-refractivity contribution in [1.82, 2.24) is 4.90 Å². The molecule has 1 atom stereocenters. The number of benzene rings is 1. The molecule has 20 heavy (non-hydrogen) atoms. The number of halogens is 1. The fraction of sp³-hybridized carbons (Fsp3) is 0.429. The zero-order chi connectivity index (χ0) is 14.7. The van der Waals surface area contributed by atoms with E-state index in [4.69, 9.17) is 10.5 Å². The van der Waals surface area contributed by atoms with Gasteiger partial charge in [0.15, 0.2) is 0 Å². The lowest BCUT2D eigenvalue weighted by Crippen LogP contribution is -2.48. The molecule has 0 bridgehead atoms. The number of rotatable bonds is 2. The number of nitrogen functional groups attached to an aromatic ring is 1. The maximum absolute atomic E-state index is 13.4. The number of amides is 1. The van der Waals surface area contributed by atoms with Crippen LogP contribution in [-0.2, 0) is 9.53 Å². The van der Waals surface area contributed by atoms with Crippen molar-refractivity contribution in [3.05, 3.63) is 29.6 Å². The van der Waals surface area contributed by atoms with Gasteiger partial charge in [0.05, 0.1) is 12.8 Å². The number of ether oxygens (including phenoxy) is 1. The van der Waals surface area contributed by atoms with E-state index in [2.05, 4.69) is 0 Å². The molecule has 0 aliphatic carbocycles. The van der Waals surface area contributed by atoms with Crippen LogP contribution in [0.25, 0.3) is 0 Å². The van der Waals surface area contributed by atoms with E-state index in [1.165, 1.54) is 24.1 Å². The van der Waals surface area contributed by atoms with Crippen molar-refractivity contribution in [2.24, 2.45) is 0 Å². The summed E-state index contributed by atoms with van der Waals surface area (Å²) in [5, 5.41) is 0. The van der Waals surface area contributed by atoms with Gasteiger partial charge in [-0.05, 0) is 37.5 Å². The summed E-state index contributed by atoms with van der Waals surface area (Å²) in [5.41, 5.74) is 5.57. The van der Waals surface area contributed by atoms with Gasteiger partial charge in [-0.3, -0.25) is 4.79 Å². The van der Waals surface area contributed by atoms with E-state index in [0.29, 0.717) is 13.0 Å². The summed E-state index contributed by atoms with van der Waals surface area (Å²) in [7, 11) is 1.29. The topological polar surface area (TPSA) is 72.6 Å². The molecule has 1 amide bonds. The number of carbonyl (C=O) groups is 2. The van der Waals surface area contributed by atoms with Crippen LogP contribution in [0.3, 0.4) is 0 Å². The predicted molar refractivity (Wildman–Crippen MR) is 71.5 cm³/mol. The molecule has 0 spiro atoms. The van der Waals surface area contributed by atoms with Crippen molar-refractivity contribution in [3.8, 4) is 0 Å². The first-order valence-electron chi connectivity index (χ1n) is 6.48. The maximum Gasteiger partial charge on any atom is 0.328 e. The Morgan fingerprint density at radius 3 is 2.80 bits per heavy atom. The molecule has 1 aliphatic heterocycles. The van der Waals surface area contributed by atoms with Gasteiger partial charge in [-0.2, -0.15) is 0 Å². The lowest BCUT2D eigenvalue weighted by molar-refractivity contribution is -0.147. The monoisotopic (exact) mass is 280 g/mol. The smallest absolute Gasteiger partial charge is 0.328 e. The van der Waals surface area contributed by atoms with Crippen LogP contribution in [0.1, 0.15) is 29.6 Å². The molecule has 1 aliphatic rings. The molecule has 6 heteroatoms. The molecule has 1 unspecified atom stereocenters. The lowest BCUT2D eigenvalue weighted by atomic mass is 10.0. The zero-order valence-electron chi connectivity index (χ0n) is 11.3. The van der Waals surface area contributed by atoms with Gasteiger partial charge in [-0.25, -0.2) is 9.18 Å². The number of nitrogens with zero attached hydrogens (tertiary/aromatic N) is 1. The number of likely N-dealkylation sites (tertiary alicyclic amines) is 1. The van der Waals surface area contributed by atoms with E-state index in [-0.39, 0.29) is 17.2 Å². The highest BCUT2D eigenvalue weighted by Crippen LogP contribution is 2.22. The van der Waals surface area contributed by atoms with E-state index in [9.17, 15) is 14.0 Å². The highest BCUT2D eigenvalue weighted by atomic mass is 19.1. The van der Waals surface area contributed by atoms with Crippen LogP contribution < -0.4 is 5.73 Å². The number of nitrogens with two attached hydrogens (primary N) is 1. The van der Waals surface area contributed by atoms with Gasteiger partial charge in [0.2, 0.25) is 0 Å². The first-order chi connectivity index (χ1) is 9.54. The van der Waals surface area contributed by atoms with Gasteiger partial charge < -0.3 is 15.4 Å². The molecule has 1 saturated heterocycles. The number of hydrogen-bond donors (Lipinski definition) is 1. The van der Waals surface area contributed by atoms with Crippen LogP contribution in [0.15, 0.2) is 18.2 Å². The van der Waals surface area contributed by atoms with Crippen molar-refractivity contribution in [1.29, 1.82) is 0 Å². The zero-order valence-corrected chi connectivity index (χ0v) is 11.3. The minimum absolute atomic E-state index is 0.00953. The Kier molecular flexibility index (Phi) is 4.22. The molecule has 1 fully saturated rings. The number of hydrogen-bond acceptors (Lipinski definition) is 4. The third-order valence-corrected chi connectivity index (χ3v) is 3.48. The summed E-state index contributed by atoms with van der Waals surface area (Å²) < 4.78 is 18.2. The van der Waals surface area contributed by atoms with Gasteiger partial charge in [0, 0.05) is 12.1 Å². The molecule has 0 saturated carbocycles. The quantitative estimate of drug-likeness (QED) is 0.659. The van der Waals surface area contributed by atoms with Gasteiger partial charge >= 0.3 is 5.97 Å². The van der Waals surface area contributed by atoms with Crippen molar-refractivity contribution in [2.45, 2.75) is 25.3 Å². The predicted octanol–water partition coefficient (Wildman–Crippen LogP) is 1.58. The Bertz CT molecular complexity index is 533. The van der Waals surface area contributed by atoms with Gasteiger partial charge in [0.1, 0.15) is 11.9 Å². The van der Waals surface area contributed by atoms with Crippen molar-refractivity contribution in [3.63, 3.8) is 0 Å². The molecular weight excluding hydrogens is 263 g/mol. The number of esters is 1. The molecule has 5 nitrogen and oxygen atoms in total. The fourth-order valence-electron chi connectivity index (χ4n) is 2.38. The van der Waals surface area contributed by atoms with Crippen molar-refractivity contribution < 1.29 is 18.7 Å². The largest absolute Gasteiger partial charge is 0.467 e. The molecule has 108 valence electrons. The van der Waals surface area contributed by atoms with Crippen LogP contribution >= 0.6 is 0 Å². The Morgan fingerprint density at radius 2 is 2.15 bits per heavy atom. The van der Waals surface area contributed by atoms with Crippen LogP contribution in [-0.4, -0.2) is 36.5 Å². The van der Waals surface area contributed by atoms with Crippen molar-refractivity contribution in [2.75, 3.05) is 19.4 Å². The first-order valence-corrected chi connectivity index (χ1v) is 6.48. The maximum atomic E-state index is 13.4. The minimum Gasteiger partial charge on any atom is -0.467 e. The minimum atomic E-state index is -0.637. The summed E-state index contributed by atoms with van der Waals surface area (Å²) in [6.45, 7) is 0.463. The second-order valence-electron chi connectivity index (χ2n) is 4.77. The standard InChI is InChI=1S/C14H17FN2O3/c1-20-14(19)12-4-2-3-7-17(12)13(18)9-5-6-11(16)10(15)8-9/h5-6,8,12H,2-4,7,16H2,1H3. The van der Waals surface area contributed by atoms with Crippen LogP contribution in [0.2, 0.25) is 0 Å². The number of carbonyl (C=O) groups excluding carboxylic acids is 2. The Hall–Kier alpha value is -2.11. The average Bonchev–Trinajstić information content (AvgIpc) is 2.48. The third-order valence-electron chi connectivity index (χ3n) is 3.48. The average molecular weight is 280 g/mol. The van der Waals surface area contributed by atoms with Gasteiger partial charge in [0.25, 0.3) is 5.91 Å². The van der Waals surface area contributed by atoms with Crippen molar-refractivity contribution >= 4 is 17.6 Å². The number of anilines is 1. The van der Waals surface area contributed by atoms with E-state index in [1.54, 1.807) is 0 Å². The molecule has 0 aromatic heterocycles. The summed E-state index contributed by atoms with van der Waals surface area (Å²) >= 11 is 0. The lowest BCUT2D eigenvalue weighted by Gasteiger charge is -2.33. The summed E-state index contributed by atoms with van der Waals surface area (Å²) in [6, 6.07) is 3.31. The summed E-state index contributed by atoms with van der Waals surface area (Å²) in [6.07, 6.45) is 2.24. The van der Waals surface area contributed by atoms with E-state index >= 15 is 0 Å². The molecule has 2 N–H and O–H groups in total. The van der Waals surface area contributed by atoms with Crippen LogP contribution in [0.5, 0.6) is 0 Å². The molecule has 1 heterocycles. The normalized spacial score (nSPS) is 18.7. The fourth-order valence-corrected chi connectivity index (χ4v) is 2.38. The Balaban J connectivity index is 2.25. The van der Waals surface area contributed by atoms with Gasteiger partial charge in [-0.1, -0.05) is 0 Å². The van der Waals surface area contributed by atoms with E-state index in [0.717, 1.165) is 18.9 Å². The SMILES string of the molecule is COC(=O)C1CCCCN1C(=O)c1ccc(N)c(F)c1. The second-order valence-corrected chi connectivity index (χ2v) is 4.77. The van der Waals surface area contributed by atoms with E-state index < -0.39 is 17.8 Å². The third kappa shape index (κ3) is 2.74. The molecule has 1 aromatic rings. The summed E-state index contributed by atoms with van der Waals surface area (Å²) in [5.74, 6) is -1.45. The highest BCUT2D eigenvalue weighted by Gasteiger charge is 2.33. The highest BCUT2D eigenvalue weighted by molar-refractivity contribution is 5.97. The summed E-state index contributed by atoms with van der Waals surface area (Å²) in [4.78, 5) is 25.6.